The van der Waals surface area contributed by atoms with Gasteiger partial charge in [0.05, 0.1) is 10.2 Å². The average Bonchev–Trinajstić information content (AvgIpc) is 3.66. The van der Waals surface area contributed by atoms with Gasteiger partial charge in [-0.1, -0.05) is 146 Å². The monoisotopic (exact) mass is 670 g/mol. The van der Waals surface area contributed by atoms with Gasteiger partial charge in [0.25, 0.3) is 0 Å². The number of hydrogen-bond acceptors (Lipinski definition) is 5. The summed E-state index contributed by atoms with van der Waals surface area (Å²) in [5, 5.41) is 0.955. The lowest BCUT2D eigenvalue weighted by atomic mass is 9.99. The summed E-state index contributed by atoms with van der Waals surface area (Å²) in [6.45, 7) is 0. The van der Waals surface area contributed by atoms with Crippen molar-refractivity contribution in [2.75, 3.05) is 0 Å². The molecule has 0 saturated heterocycles. The zero-order valence-corrected chi connectivity index (χ0v) is 28.3. The first-order chi connectivity index (χ1) is 25.2. The molecule has 0 aliphatic rings. The first-order valence-corrected chi connectivity index (χ1v) is 17.7. The van der Waals surface area contributed by atoms with Crippen LogP contribution in [0.1, 0.15) is 0 Å². The minimum Gasteiger partial charge on any atom is -0.236 e. The number of rotatable bonds is 7. The molecule has 2 aromatic heterocycles. The molecule has 0 unspecified atom stereocenters. The molecule has 2 heterocycles. The number of fused-ring (bicyclic) bond motifs is 1. The summed E-state index contributed by atoms with van der Waals surface area (Å²) in [6, 6.07) is 62.9. The summed E-state index contributed by atoms with van der Waals surface area (Å²) >= 11 is 1.69. The lowest BCUT2D eigenvalue weighted by Crippen LogP contribution is -2.01. The second-order valence-electron chi connectivity index (χ2n) is 12.3. The van der Waals surface area contributed by atoms with Crippen molar-refractivity contribution < 1.29 is 0 Å². The summed E-state index contributed by atoms with van der Waals surface area (Å²) in [7, 11) is 0. The summed E-state index contributed by atoms with van der Waals surface area (Å²) in [4.78, 5) is 20.4. The van der Waals surface area contributed by atoms with Gasteiger partial charge < -0.3 is 0 Å². The number of thiazole rings is 1. The van der Waals surface area contributed by atoms with E-state index in [0.29, 0.717) is 17.5 Å². The molecule has 240 valence electrons. The minimum absolute atomic E-state index is 0.604. The number of aromatic nitrogens is 4. The molecular formula is C46H30N4S. The van der Waals surface area contributed by atoms with Crippen LogP contribution in [0.4, 0.5) is 0 Å². The molecule has 9 rings (SSSR count). The van der Waals surface area contributed by atoms with E-state index < -0.39 is 0 Å². The van der Waals surface area contributed by atoms with Crippen LogP contribution in [0.3, 0.4) is 0 Å². The maximum Gasteiger partial charge on any atom is 0.164 e. The Labute approximate surface area is 300 Å². The molecular weight excluding hydrogens is 641 g/mol. The van der Waals surface area contributed by atoms with E-state index >= 15 is 0 Å². The number of para-hydroxylation sites is 1. The Morgan fingerprint density at radius 3 is 1.37 bits per heavy atom. The van der Waals surface area contributed by atoms with Crippen LogP contribution in [0.5, 0.6) is 0 Å². The third kappa shape index (κ3) is 6.34. The van der Waals surface area contributed by atoms with Gasteiger partial charge in [-0.05, 0) is 69.8 Å². The van der Waals surface area contributed by atoms with Crippen molar-refractivity contribution in [1.82, 2.24) is 19.9 Å². The summed E-state index contributed by atoms with van der Waals surface area (Å²) in [6.07, 6.45) is 0. The van der Waals surface area contributed by atoms with Gasteiger partial charge in [0.1, 0.15) is 5.01 Å². The summed E-state index contributed by atoms with van der Waals surface area (Å²) in [5.41, 5.74) is 11.5. The maximum absolute atomic E-state index is 5.17. The molecule has 0 spiro atoms. The Hall–Kier alpha value is -6.56. The van der Waals surface area contributed by atoms with E-state index in [-0.39, 0.29) is 0 Å². The van der Waals surface area contributed by atoms with Gasteiger partial charge in [0.15, 0.2) is 17.5 Å². The standard InChI is InChI=1S/C46H30N4S/c1-4-13-31(14-5-1)34-23-25-35(26-24-34)43-48-44(37-20-12-19-36(27-37)32-15-6-2-7-16-32)50-45(49-43)39-28-38(33-17-8-3-9-18-33)29-40(30-39)46-47-41-21-10-11-22-42(41)51-46/h1-30H. The topological polar surface area (TPSA) is 51.6 Å². The van der Waals surface area contributed by atoms with Crippen molar-refractivity contribution in [1.29, 1.82) is 0 Å². The number of nitrogens with zero attached hydrogens (tertiary/aromatic N) is 4. The second kappa shape index (κ2) is 13.4. The van der Waals surface area contributed by atoms with Crippen LogP contribution in [-0.2, 0) is 0 Å². The lowest BCUT2D eigenvalue weighted by Gasteiger charge is -2.12. The van der Waals surface area contributed by atoms with Gasteiger partial charge in [0, 0.05) is 22.3 Å². The van der Waals surface area contributed by atoms with Gasteiger partial charge in [0.2, 0.25) is 0 Å². The predicted molar refractivity (Wildman–Crippen MR) is 211 cm³/mol. The molecule has 0 N–H and O–H groups in total. The molecule has 0 saturated carbocycles. The predicted octanol–water partition coefficient (Wildman–Crippen LogP) is 12.2. The molecule has 4 nitrogen and oxygen atoms in total. The molecule has 0 aliphatic carbocycles. The third-order valence-corrected chi connectivity index (χ3v) is 10.0. The van der Waals surface area contributed by atoms with E-state index in [1.807, 2.05) is 24.3 Å². The fourth-order valence-electron chi connectivity index (χ4n) is 6.35. The highest BCUT2D eigenvalue weighted by molar-refractivity contribution is 7.21. The Morgan fingerprint density at radius 1 is 0.275 bits per heavy atom. The van der Waals surface area contributed by atoms with Crippen LogP contribution in [0.25, 0.3) is 88.3 Å². The molecule has 0 aliphatic heterocycles. The van der Waals surface area contributed by atoms with E-state index in [4.69, 9.17) is 19.9 Å². The highest BCUT2D eigenvalue weighted by Gasteiger charge is 2.17. The van der Waals surface area contributed by atoms with E-state index in [0.717, 1.165) is 65.3 Å². The van der Waals surface area contributed by atoms with Crippen molar-refractivity contribution in [3.05, 3.63) is 182 Å². The molecule has 0 bridgehead atoms. The van der Waals surface area contributed by atoms with Gasteiger partial charge in [-0.25, -0.2) is 19.9 Å². The quantitative estimate of drug-likeness (QED) is 0.169. The molecule has 0 fully saturated rings. The van der Waals surface area contributed by atoms with E-state index in [2.05, 4.69) is 158 Å². The summed E-state index contributed by atoms with van der Waals surface area (Å²) in [5.74, 6) is 1.84. The number of hydrogen-bond donors (Lipinski definition) is 0. The molecule has 51 heavy (non-hydrogen) atoms. The van der Waals surface area contributed by atoms with Crippen molar-refractivity contribution in [2.24, 2.45) is 0 Å². The first-order valence-electron chi connectivity index (χ1n) is 16.9. The Bertz CT molecular complexity index is 2580. The fraction of sp³-hybridized carbons (Fsp3) is 0. The maximum atomic E-state index is 5.17. The van der Waals surface area contributed by atoms with Gasteiger partial charge in [-0.3, -0.25) is 0 Å². The SMILES string of the molecule is c1ccc(-c2ccc(-c3nc(-c4cccc(-c5ccccc5)c4)nc(-c4cc(-c5ccccc5)cc(-c5nc6ccccc6s5)c4)n3)cc2)cc1. The average molecular weight is 671 g/mol. The van der Waals surface area contributed by atoms with Crippen LogP contribution in [0.15, 0.2) is 182 Å². The molecule has 0 radical (unpaired) electrons. The van der Waals surface area contributed by atoms with Crippen molar-refractivity contribution in [2.45, 2.75) is 0 Å². The Balaban J connectivity index is 1.23. The highest BCUT2D eigenvalue weighted by atomic mass is 32.1. The second-order valence-corrected chi connectivity index (χ2v) is 13.4. The Morgan fingerprint density at radius 2 is 0.706 bits per heavy atom. The van der Waals surface area contributed by atoms with Gasteiger partial charge in [-0.2, -0.15) is 0 Å². The van der Waals surface area contributed by atoms with Crippen LogP contribution >= 0.6 is 11.3 Å². The fourth-order valence-corrected chi connectivity index (χ4v) is 7.30. The van der Waals surface area contributed by atoms with Crippen molar-refractivity contribution in [3.63, 3.8) is 0 Å². The van der Waals surface area contributed by atoms with E-state index in [9.17, 15) is 0 Å². The zero-order valence-electron chi connectivity index (χ0n) is 27.5. The summed E-state index contributed by atoms with van der Waals surface area (Å²) < 4.78 is 1.15. The van der Waals surface area contributed by atoms with Crippen LogP contribution in [-0.4, -0.2) is 19.9 Å². The molecule has 9 aromatic rings. The Kier molecular flexibility index (Phi) is 8.01. The lowest BCUT2D eigenvalue weighted by molar-refractivity contribution is 1.07. The third-order valence-electron chi connectivity index (χ3n) is 8.95. The minimum atomic E-state index is 0.604. The van der Waals surface area contributed by atoms with Gasteiger partial charge >= 0.3 is 0 Å². The van der Waals surface area contributed by atoms with Gasteiger partial charge in [-0.15, -0.1) is 11.3 Å². The van der Waals surface area contributed by atoms with Crippen molar-refractivity contribution >= 4 is 21.6 Å². The highest BCUT2D eigenvalue weighted by Crippen LogP contribution is 2.37. The molecule has 7 aromatic carbocycles. The largest absolute Gasteiger partial charge is 0.236 e. The molecule has 5 heteroatoms. The number of benzene rings is 7. The molecule has 0 atom stereocenters. The zero-order chi connectivity index (χ0) is 34.0. The van der Waals surface area contributed by atoms with E-state index in [1.54, 1.807) is 11.3 Å². The normalized spacial score (nSPS) is 11.1. The molecule has 0 amide bonds. The van der Waals surface area contributed by atoms with Crippen molar-refractivity contribution in [3.8, 4) is 78.1 Å². The van der Waals surface area contributed by atoms with Crippen LogP contribution in [0, 0.1) is 0 Å². The smallest absolute Gasteiger partial charge is 0.164 e. The van der Waals surface area contributed by atoms with Crippen LogP contribution < -0.4 is 0 Å². The van der Waals surface area contributed by atoms with E-state index in [1.165, 1.54) is 5.56 Å². The van der Waals surface area contributed by atoms with Crippen LogP contribution in [0.2, 0.25) is 0 Å². The first kappa shape index (κ1) is 30.5.